The molecular formula is C15H23NO2. The second-order valence-corrected chi connectivity index (χ2v) is 5.32. The van der Waals surface area contributed by atoms with E-state index in [1.807, 2.05) is 13.1 Å². The molecule has 1 saturated carbocycles. The van der Waals surface area contributed by atoms with Crippen molar-refractivity contribution in [3.8, 4) is 5.75 Å². The number of rotatable bonds is 5. The Hall–Kier alpha value is -1.06. The first-order chi connectivity index (χ1) is 8.70. The molecule has 0 heterocycles. The standard InChI is InChI=1S/C15H23NO2/c1-16-10-15(18)12-6-7-14(17)13(9-12)8-11-4-2-3-5-11/h6-7,9,11,15-18H,2-5,8,10H2,1H3/t15-/m0/s1. The van der Waals surface area contributed by atoms with E-state index in [0.717, 1.165) is 17.5 Å². The van der Waals surface area contributed by atoms with Crippen molar-refractivity contribution in [2.24, 2.45) is 5.92 Å². The lowest BCUT2D eigenvalue weighted by molar-refractivity contribution is 0.177. The second-order valence-electron chi connectivity index (χ2n) is 5.32. The molecule has 1 aromatic carbocycles. The van der Waals surface area contributed by atoms with Gasteiger partial charge in [-0.25, -0.2) is 0 Å². The van der Waals surface area contributed by atoms with Gasteiger partial charge >= 0.3 is 0 Å². The van der Waals surface area contributed by atoms with Gasteiger partial charge in [0.2, 0.25) is 0 Å². The van der Waals surface area contributed by atoms with Gasteiger partial charge in [0.25, 0.3) is 0 Å². The van der Waals surface area contributed by atoms with Gasteiger partial charge in [-0.1, -0.05) is 31.7 Å². The quantitative estimate of drug-likeness (QED) is 0.751. The number of phenolic OH excluding ortho intramolecular Hbond substituents is 1. The van der Waals surface area contributed by atoms with Gasteiger partial charge in [-0.05, 0) is 42.6 Å². The Balaban J connectivity index is 2.10. The summed E-state index contributed by atoms with van der Waals surface area (Å²) in [4.78, 5) is 0. The molecule has 3 heteroatoms. The van der Waals surface area contributed by atoms with Crippen LogP contribution in [0.4, 0.5) is 0 Å². The monoisotopic (exact) mass is 249 g/mol. The van der Waals surface area contributed by atoms with Crippen molar-refractivity contribution in [1.82, 2.24) is 5.32 Å². The summed E-state index contributed by atoms with van der Waals surface area (Å²) in [5.74, 6) is 1.06. The van der Waals surface area contributed by atoms with Gasteiger partial charge in [0.1, 0.15) is 5.75 Å². The average molecular weight is 249 g/mol. The van der Waals surface area contributed by atoms with Crippen LogP contribution in [0.1, 0.15) is 42.9 Å². The van der Waals surface area contributed by atoms with Gasteiger partial charge < -0.3 is 15.5 Å². The maximum absolute atomic E-state index is 9.95. The van der Waals surface area contributed by atoms with Crippen LogP contribution in [0.2, 0.25) is 0 Å². The molecule has 3 nitrogen and oxygen atoms in total. The molecule has 0 aliphatic heterocycles. The molecular weight excluding hydrogens is 226 g/mol. The predicted molar refractivity (Wildman–Crippen MR) is 72.7 cm³/mol. The Kier molecular flexibility index (Phi) is 4.61. The van der Waals surface area contributed by atoms with E-state index in [9.17, 15) is 10.2 Å². The maximum Gasteiger partial charge on any atom is 0.118 e. The average Bonchev–Trinajstić information content (AvgIpc) is 2.85. The van der Waals surface area contributed by atoms with Gasteiger partial charge in [-0.2, -0.15) is 0 Å². The van der Waals surface area contributed by atoms with Crippen molar-refractivity contribution in [2.75, 3.05) is 13.6 Å². The molecule has 1 fully saturated rings. The molecule has 2 rings (SSSR count). The minimum atomic E-state index is -0.502. The van der Waals surface area contributed by atoms with Crippen LogP contribution in [-0.2, 0) is 6.42 Å². The highest BCUT2D eigenvalue weighted by molar-refractivity contribution is 5.37. The summed E-state index contributed by atoms with van der Waals surface area (Å²) in [5.41, 5.74) is 1.87. The minimum absolute atomic E-state index is 0.363. The fourth-order valence-corrected chi connectivity index (χ4v) is 2.81. The van der Waals surface area contributed by atoms with Gasteiger partial charge in [-0.15, -0.1) is 0 Å². The number of benzene rings is 1. The maximum atomic E-state index is 9.95. The zero-order chi connectivity index (χ0) is 13.0. The normalized spacial score (nSPS) is 18.1. The number of likely N-dealkylation sites (N-methyl/N-ethyl adjacent to an activating group) is 1. The van der Waals surface area contributed by atoms with Crippen LogP contribution >= 0.6 is 0 Å². The smallest absolute Gasteiger partial charge is 0.118 e. The third-order valence-corrected chi connectivity index (χ3v) is 3.87. The molecule has 1 atom stereocenters. The molecule has 0 spiro atoms. The number of phenols is 1. The number of hydrogen-bond acceptors (Lipinski definition) is 3. The number of aromatic hydroxyl groups is 1. The Morgan fingerprint density at radius 3 is 2.72 bits per heavy atom. The zero-order valence-corrected chi connectivity index (χ0v) is 11.0. The first kappa shape index (κ1) is 13.4. The summed E-state index contributed by atoms with van der Waals surface area (Å²) in [6, 6.07) is 5.46. The van der Waals surface area contributed by atoms with Crippen molar-refractivity contribution in [2.45, 2.75) is 38.2 Å². The summed E-state index contributed by atoms with van der Waals surface area (Å²) in [7, 11) is 1.82. The fourth-order valence-electron chi connectivity index (χ4n) is 2.81. The van der Waals surface area contributed by atoms with E-state index >= 15 is 0 Å². The van der Waals surface area contributed by atoms with E-state index in [1.165, 1.54) is 25.7 Å². The molecule has 0 radical (unpaired) electrons. The Labute approximate surface area is 109 Å². The second kappa shape index (κ2) is 6.21. The molecule has 0 amide bonds. The zero-order valence-electron chi connectivity index (χ0n) is 11.0. The van der Waals surface area contributed by atoms with Gasteiger partial charge in [0.05, 0.1) is 6.10 Å². The molecule has 1 aromatic rings. The number of aliphatic hydroxyl groups excluding tert-OH is 1. The molecule has 0 aromatic heterocycles. The first-order valence-electron chi connectivity index (χ1n) is 6.85. The van der Waals surface area contributed by atoms with Crippen molar-refractivity contribution >= 4 is 0 Å². The van der Waals surface area contributed by atoms with E-state index < -0.39 is 6.10 Å². The van der Waals surface area contributed by atoms with E-state index in [2.05, 4.69) is 5.32 Å². The van der Waals surface area contributed by atoms with Crippen molar-refractivity contribution in [3.05, 3.63) is 29.3 Å². The number of aliphatic hydroxyl groups is 1. The Bertz CT molecular complexity index is 386. The topological polar surface area (TPSA) is 52.5 Å². The van der Waals surface area contributed by atoms with Crippen LogP contribution < -0.4 is 5.32 Å². The fraction of sp³-hybridized carbons (Fsp3) is 0.600. The van der Waals surface area contributed by atoms with Crippen LogP contribution in [0, 0.1) is 5.92 Å². The highest BCUT2D eigenvalue weighted by atomic mass is 16.3. The molecule has 18 heavy (non-hydrogen) atoms. The first-order valence-corrected chi connectivity index (χ1v) is 6.85. The van der Waals surface area contributed by atoms with Crippen molar-refractivity contribution in [3.63, 3.8) is 0 Å². The van der Waals surface area contributed by atoms with E-state index in [4.69, 9.17) is 0 Å². The van der Waals surface area contributed by atoms with E-state index in [-0.39, 0.29) is 0 Å². The van der Waals surface area contributed by atoms with Gasteiger partial charge in [-0.3, -0.25) is 0 Å². The lowest BCUT2D eigenvalue weighted by Crippen LogP contribution is -2.16. The van der Waals surface area contributed by atoms with E-state index in [1.54, 1.807) is 12.1 Å². The molecule has 0 bridgehead atoms. The molecule has 1 aliphatic rings. The SMILES string of the molecule is CNC[C@H](O)c1ccc(O)c(CC2CCCC2)c1. The molecule has 0 saturated heterocycles. The molecule has 3 N–H and O–H groups in total. The highest BCUT2D eigenvalue weighted by Crippen LogP contribution is 2.32. The summed E-state index contributed by atoms with van der Waals surface area (Å²) in [6.45, 7) is 0.535. The van der Waals surface area contributed by atoms with Crippen LogP contribution in [0.3, 0.4) is 0 Å². The summed E-state index contributed by atoms with van der Waals surface area (Å²) in [6.07, 6.45) is 5.59. The molecule has 0 unspecified atom stereocenters. The van der Waals surface area contributed by atoms with Gasteiger partial charge in [0.15, 0.2) is 0 Å². The van der Waals surface area contributed by atoms with Crippen LogP contribution in [-0.4, -0.2) is 23.8 Å². The third kappa shape index (κ3) is 3.24. The summed E-state index contributed by atoms with van der Waals surface area (Å²) in [5, 5.41) is 22.8. The molecule has 1 aliphatic carbocycles. The van der Waals surface area contributed by atoms with Crippen LogP contribution in [0.25, 0.3) is 0 Å². The minimum Gasteiger partial charge on any atom is -0.508 e. The number of nitrogens with one attached hydrogen (secondary N) is 1. The largest absolute Gasteiger partial charge is 0.508 e. The van der Waals surface area contributed by atoms with Crippen LogP contribution in [0.15, 0.2) is 18.2 Å². The summed E-state index contributed by atoms with van der Waals surface area (Å²) >= 11 is 0. The van der Waals surface area contributed by atoms with Gasteiger partial charge in [0, 0.05) is 6.54 Å². The Morgan fingerprint density at radius 1 is 1.33 bits per heavy atom. The van der Waals surface area contributed by atoms with E-state index in [0.29, 0.717) is 18.2 Å². The summed E-state index contributed by atoms with van der Waals surface area (Å²) < 4.78 is 0. The highest BCUT2D eigenvalue weighted by Gasteiger charge is 2.18. The molecule has 100 valence electrons. The third-order valence-electron chi connectivity index (χ3n) is 3.87. The lowest BCUT2D eigenvalue weighted by Gasteiger charge is -2.15. The van der Waals surface area contributed by atoms with Crippen LogP contribution in [0.5, 0.6) is 5.75 Å². The van der Waals surface area contributed by atoms with Crippen molar-refractivity contribution in [1.29, 1.82) is 0 Å². The number of hydrogen-bond donors (Lipinski definition) is 3. The van der Waals surface area contributed by atoms with Crippen molar-refractivity contribution < 1.29 is 10.2 Å². The lowest BCUT2D eigenvalue weighted by atomic mass is 9.95. The Morgan fingerprint density at radius 2 is 2.06 bits per heavy atom. The predicted octanol–water partition coefficient (Wildman–Crippen LogP) is 2.38.